The largest absolute Gasteiger partial charge is 0.508 e. The summed E-state index contributed by atoms with van der Waals surface area (Å²) >= 11 is 0. The van der Waals surface area contributed by atoms with E-state index in [9.17, 15) is 14.1 Å². The van der Waals surface area contributed by atoms with E-state index in [0.717, 1.165) is 78.1 Å². The molecule has 4 aliphatic rings. The zero-order chi connectivity index (χ0) is 34.1. The van der Waals surface area contributed by atoms with Crippen molar-refractivity contribution >= 4 is 34.9 Å². The number of benzene rings is 2. The second kappa shape index (κ2) is 12.2. The lowest BCUT2D eigenvalue weighted by Gasteiger charge is -2.35. The molecule has 0 aliphatic carbocycles. The summed E-state index contributed by atoms with van der Waals surface area (Å²) in [5.41, 5.74) is 4.53. The minimum Gasteiger partial charge on any atom is -0.508 e. The fourth-order valence-corrected chi connectivity index (χ4v) is 9.31. The van der Waals surface area contributed by atoms with Crippen LogP contribution in [0.1, 0.15) is 55.1 Å². The molecule has 0 bridgehead atoms. The van der Waals surface area contributed by atoms with E-state index in [2.05, 4.69) is 14.7 Å². The van der Waals surface area contributed by atoms with Gasteiger partial charge in [0, 0.05) is 55.3 Å². The van der Waals surface area contributed by atoms with Crippen molar-refractivity contribution in [3.8, 4) is 11.8 Å². The van der Waals surface area contributed by atoms with Crippen molar-refractivity contribution in [3.63, 3.8) is 0 Å². The number of ether oxygens (including phenoxy) is 1. The van der Waals surface area contributed by atoms with Gasteiger partial charge in [0.15, 0.2) is 0 Å². The molecular formula is C36H44F2N7O3P. The summed E-state index contributed by atoms with van der Waals surface area (Å²) in [6.07, 6.45) is 3.50. The van der Waals surface area contributed by atoms with Gasteiger partial charge in [0.25, 0.3) is 0 Å². The van der Waals surface area contributed by atoms with Crippen LogP contribution in [0.2, 0.25) is 0 Å². The van der Waals surface area contributed by atoms with E-state index >= 15 is 4.39 Å². The monoisotopic (exact) mass is 691 g/mol. The highest BCUT2D eigenvalue weighted by Crippen LogP contribution is 2.42. The number of phenols is 1. The average Bonchev–Trinajstić information content (AvgIpc) is 3.70. The highest BCUT2D eigenvalue weighted by Gasteiger charge is 2.49. The van der Waals surface area contributed by atoms with Crippen LogP contribution >= 0.6 is 7.14 Å². The molecule has 0 amide bonds. The maximum Gasteiger partial charge on any atom is 0.318 e. The Labute approximate surface area is 285 Å². The molecule has 13 heteroatoms. The number of halogens is 2. The van der Waals surface area contributed by atoms with Crippen LogP contribution in [0.4, 0.5) is 20.3 Å². The topological polar surface area (TPSA) is 99.9 Å². The fraction of sp³-hybridized carbons (Fsp3) is 0.528. The van der Waals surface area contributed by atoms with E-state index in [-0.39, 0.29) is 23.1 Å². The van der Waals surface area contributed by atoms with Crippen molar-refractivity contribution in [3.05, 3.63) is 58.7 Å². The molecule has 2 aromatic carbocycles. The summed E-state index contributed by atoms with van der Waals surface area (Å²) in [4.78, 5) is 16.7. The number of fused-ring (bicyclic) bond motifs is 4. The Kier molecular flexibility index (Phi) is 8.10. The van der Waals surface area contributed by atoms with Gasteiger partial charge in [-0.15, -0.1) is 0 Å². The van der Waals surface area contributed by atoms with E-state index in [1.165, 1.54) is 6.07 Å². The van der Waals surface area contributed by atoms with Gasteiger partial charge in [0.05, 0.1) is 30.0 Å². The van der Waals surface area contributed by atoms with Crippen molar-refractivity contribution in [2.75, 3.05) is 55.9 Å². The number of rotatable bonds is 7. The number of hydrogen-bond donors (Lipinski definition) is 1. The fourth-order valence-electron chi connectivity index (χ4n) is 8.53. The minimum absolute atomic E-state index is 0.127. The summed E-state index contributed by atoms with van der Waals surface area (Å²) < 4.78 is 51.0. The Morgan fingerprint density at radius 2 is 1.92 bits per heavy atom. The van der Waals surface area contributed by atoms with Crippen LogP contribution in [0.5, 0.6) is 11.8 Å². The Balaban J connectivity index is 1.18. The third-order valence-corrected chi connectivity index (χ3v) is 12.3. The van der Waals surface area contributed by atoms with Crippen LogP contribution in [-0.4, -0.2) is 87.6 Å². The Morgan fingerprint density at radius 3 is 2.73 bits per heavy atom. The summed E-state index contributed by atoms with van der Waals surface area (Å²) in [5, 5.41) is 17.0. The predicted molar refractivity (Wildman–Crippen MR) is 187 cm³/mol. The summed E-state index contributed by atoms with van der Waals surface area (Å²) in [6, 6.07) is 8.83. The predicted octanol–water partition coefficient (Wildman–Crippen LogP) is 5.41. The Bertz CT molecular complexity index is 1980. The molecule has 2 aromatic heterocycles. The van der Waals surface area contributed by atoms with Crippen LogP contribution in [0.25, 0.3) is 10.8 Å². The van der Waals surface area contributed by atoms with Crippen molar-refractivity contribution < 1.29 is 23.2 Å². The third kappa shape index (κ3) is 5.84. The van der Waals surface area contributed by atoms with E-state index in [0.29, 0.717) is 63.0 Å². The molecule has 6 heterocycles. The molecule has 2 saturated heterocycles. The summed E-state index contributed by atoms with van der Waals surface area (Å²) in [7, 11) is -2.53. The molecule has 0 saturated carbocycles. The van der Waals surface area contributed by atoms with Crippen molar-refractivity contribution in [2.45, 2.75) is 76.8 Å². The Hall–Kier alpha value is -3.76. The van der Waals surface area contributed by atoms with E-state index in [1.54, 1.807) is 31.5 Å². The van der Waals surface area contributed by atoms with Crippen LogP contribution in [0.15, 0.2) is 30.3 Å². The normalized spacial score (nSPS) is 22.7. The van der Waals surface area contributed by atoms with Crippen LogP contribution in [-0.2, 0) is 37.0 Å². The second-order valence-corrected chi connectivity index (χ2v) is 17.7. The SMILES string of the molecule is CCc1c(F)ccc2cc(O)cc(N3CCc4c(nc(OC[C@@]56CCCN5C[C@H](F)C6)nc4N4CCCn5nc(P(C)(C)=O)cc5C4)C3)c12. The minimum atomic E-state index is -2.53. The van der Waals surface area contributed by atoms with Crippen LogP contribution < -0.4 is 20.0 Å². The molecule has 2 atom stereocenters. The number of hydrogen-bond acceptors (Lipinski definition) is 9. The molecule has 0 radical (unpaired) electrons. The zero-order valence-electron chi connectivity index (χ0n) is 28.5. The molecule has 10 nitrogen and oxygen atoms in total. The van der Waals surface area contributed by atoms with Gasteiger partial charge in [0.2, 0.25) is 0 Å². The van der Waals surface area contributed by atoms with E-state index in [4.69, 9.17) is 19.8 Å². The summed E-state index contributed by atoms with van der Waals surface area (Å²) in [6.45, 7) is 10.2. The smallest absolute Gasteiger partial charge is 0.318 e. The van der Waals surface area contributed by atoms with Gasteiger partial charge in [-0.25, -0.2) is 8.78 Å². The first-order valence-electron chi connectivity index (χ1n) is 17.5. The molecule has 1 N–H and O–H groups in total. The number of nitrogens with zero attached hydrogens (tertiary/aromatic N) is 7. The van der Waals surface area contributed by atoms with E-state index in [1.807, 2.05) is 17.7 Å². The second-order valence-electron chi connectivity index (χ2n) is 14.6. The van der Waals surface area contributed by atoms with Gasteiger partial charge in [0.1, 0.15) is 42.7 Å². The number of alkyl halides is 1. The molecule has 260 valence electrons. The van der Waals surface area contributed by atoms with Gasteiger partial charge >= 0.3 is 6.01 Å². The number of aromatic hydroxyl groups is 1. The van der Waals surface area contributed by atoms with Gasteiger partial charge in [-0.1, -0.05) is 13.0 Å². The quantitative estimate of drug-likeness (QED) is 0.255. The number of aromatic nitrogens is 4. The maximum absolute atomic E-state index is 15.1. The van der Waals surface area contributed by atoms with Crippen molar-refractivity contribution in [1.29, 1.82) is 0 Å². The van der Waals surface area contributed by atoms with Gasteiger partial charge < -0.3 is 24.2 Å². The lowest BCUT2D eigenvalue weighted by atomic mass is 9.95. The molecule has 4 aliphatic heterocycles. The number of anilines is 2. The average molecular weight is 692 g/mol. The standard InChI is InChI=1S/C36H44F2N7O3P/c1-4-27-29(38)8-7-23-15-26(46)17-31(33(23)27)42-14-9-28-30(21-42)39-35(48-22-36-10-5-12-44(36)19-24(37)18-36)40-34(28)43-11-6-13-45-25(20-43)16-32(41-45)49(2,3)47/h7-8,15-17,24,46H,4-6,9-14,18-22H2,1-3H3/t24-,36+/m1/s1. The van der Waals surface area contributed by atoms with E-state index < -0.39 is 13.3 Å². The van der Waals surface area contributed by atoms with Gasteiger partial charge in [-0.05, 0) is 81.1 Å². The Morgan fingerprint density at radius 1 is 1.06 bits per heavy atom. The zero-order valence-corrected chi connectivity index (χ0v) is 29.4. The lowest BCUT2D eigenvalue weighted by Crippen LogP contribution is -2.43. The first-order chi connectivity index (χ1) is 23.5. The molecule has 4 aromatic rings. The van der Waals surface area contributed by atoms with Crippen LogP contribution in [0, 0.1) is 5.82 Å². The first-order valence-corrected chi connectivity index (χ1v) is 20.1. The number of phenolic OH excluding ortho intramolecular Hbond substituents is 1. The van der Waals surface area contributed by atoms with Crippen molar-refractivity contribution in [1.82, 2.24) is 24.6 Å². The first kappa shape index (κ1) is 32.4. The highest BCUT2D eigenvalue weighted by atomic mass is 31.2. The summed E-state index contributed by atoms with van der Waals surface area (Å²) in [5.74, 6) is 0.679. The molecule has 8 rings (SSSR count). The van der Waals surface area contributed by atoms with Crippen LogP contribution in [0.3, 0.4) is 0 Å². The maximum atomic E-state index is 15.1. The van der Waals surface area contributed by atoms with Gasteiger partial charge in [-0.3, -0.25) is 9.58 Å². The highest BCUT2D eigenvalue weighted by molar-refractivity contribution is 7.69. The third-order valence-electron chi connectivity index (χ3n) is 10.9. The lowest BCUT2D eigenvalue weighted by molar-refractivity contribution is 0.107. The van der Waals surface area contributed by atoms with Gasteiger partial charge in [-0.2, -0.15) is 15.1 Å². The molecule has 49 heavy (non-hydrogen) atoms. The molecule has 0 unspecified atom stereocenters. The number of aryl methyl sites for hydroxylation is 2. The molecule has 0 spiro atoms. The molecular weight excluding hydrogens is 647 g/mol. The molecule has 2 fully saturated rings. The van der Waals surface area contributed by atoms with Crippen molar-refractivity contribution in [2.24, 2.45) is 0 Å².